The summed E-state index contributed by atoms with van der Waals surface area (Å²) in [6.07, 6.45) is 5.21. The standard InChI is InChI=1S/C12H16O4/c1-15-11(13)9-7-5-3-4-6-8-10-12(14)16-2/h3,5H,7-10H2,1-2H3/b5-3+. The summed E-state index contributed by atoms with van der Waals surface area (Å²) in [5, 5.41) is 0. The molecule has 0 unspecified atom stereocenters. The largest absolute Gasteiger partial charge is 0.469 e. The second-order valence-corrected chi connectivity index (χ2v) is 2.91. The van der Waals surface area contributed by atoms with E-state index in [-0.39, 0.29) is 11.9 Å². The number of hydrogen-bond acceptors (Lipinski definition) is 4. The third-order valence-corrected chi connectivity index (χ3v) is 1.73. The Labute approximate surface area is 95.6 Å². The maximum atomic E-state index is 10.7. The van der Waals surface area contributed by atoms with Crippen LogP contribution in [0.5, 0.6) is 0 Å². The number of hydrogen-bond donors (Lipinski definition) is 0. The molecule has 0 saturated carbocycles. The van der Waals surface area contributed by atoms with Crippen molar-refractivity contribution in [3.63, 3.8) is 0 Å². The first kappa shape index (κ1) is 14.2. The first-order valence-corrected chi connectivity index (χ1v) is 4.97. The van der Waals surface area contributed by atoms with Crippen LogP contribution in [-0.4, -0.2) is 26.2 Å². The van der Waals surface area contributed by atoms with Crippen molar-refractivity contribution in [1.82, 2.24) is 0 Å². The molecular formula is C12H16O4. The molecule has 4 nitrogen and oxygen atoms in total. The molecule has 16 heavy (non-hydrogen) atoms. The number of ether oxygens (including phenoxy) is 2. The Hall–Kier alpha value is -1.76. The lowest BCUT2D eigenvalue weighted by Gasteiger charge is -1.92. The zero-order valence-corrected chi connectivity index (χ0v) is 9.62. The van der Waals surface area contributed by atoms with Gasteiger partial charge < -0.3 is 9.47 Å². The highest BCUT2D eigenvalue weighted by Crippen LogP contribution is 1.93. The van der Waals surface area contributed by atoms with Crippen molar-refractivity contribution in [3.8, 4) is 11.8 Å². The second kappa shape index (κ2) is 9.78. The van der Waals surface area contributed by atoms with E-state index >= 15 is 0 Å². The molecule has 0 aliphatic rings. The SMILES string of the molecule is COC(=O)CCC#C/C=C/CCC(=O)OC. The lowest BCUT2D eigenvalue weighted by atomic mass is 10.3. The van der Waals surface area contributed by atoms with E-state index in [0.717, 1.165) is 0 Å². The van der Waals surface area contributed by atoms with Gasteiger partial charge in [0.1, 0.15) is 0 Å². The number of carbonyl (C=O) groups is 2. The number of esters is 2. The van der Waals surface area contributed by atoms with Crippen molar-refractivity contribution in [2.24, 2.45) is 0 Å². The maximum Gasteiger partial charge on any atom is 0.306 e. The zero-order valence-electron chi connectivity index (χ0n) is 9.62. The lowest BCUT2D eigenvalue weighted by Crippen LogP contribution is -1.98. The van der Waals surface area contributed by atoms with Gasteiger partial charge in [-0.05, 0) is 12.5 Å². The van der Waals surface area contributed by atoms with E-state index < -0.39 is 0 Å². The molecule has 0 atom stereocenters. The van der Waals surface area contributed by atoms with Crippen LogP contribution in [0.1, 0.15) is 25.7 Å². The minimum Gasteiger partial charge on any atom is -0.469 e. The van der Waals surface area contributed by atoms with Gasteiger partial charge in [-0.3, -0.25) is 9.59 Å². The number of methoxy groups -OCH3 is 2. The van der Waals surface area contributed by atoms with Crippen LogP contribution >= 0.6 is 0 Å². The van der Waals surface area contributed by atoms with Gasteiger partial charge in [-0.15, -0.1) is 0 Å². The summed E-state index contributed by atoms with van der Waals surface area (Å²) in [4.78, 5) is 21.4. The van der Waals surface area contributed by atoms with E-state index in [1.54, 1.807) is 12.2 Å². The second-order valence-electron chi connectivity index (χ2n) is 2.91. The smallest absolute Gasteiger partial charge is 0.306 e. The minimum atomic E-state index is -0.260. The molecule has 0 aromatic heterocycles. The third kappa shape index (κ3) is 8.82. The summed E-state index contributed by atoms with van der Waals surface area (Å²) in [5.41, 5.74) is 0. The fourth-order valence-corrected chi connectivity index (χ4v) is 0.843. The van der Waals surface area contributed by atoms with Crippen LogP contribution in [0.4, 0.5) is 0 Å². The molecule has 0 amide bonds. The van der Waals surface area contributed by atoms with Crippen molar-refractivity contribution in [2.75, 3.05) is 14.2 Å². The lowest BCUT2D eigenvalue weighted by molar-refractivity contribution is -0.141. The number of rotatable bonds is 5. The van der Waals surface area contributed by atoms with Gasteiger partial charge >= 0.3 is 11.9 Å². The van der Waals surface area contributed by atoms with Crippen molar-refractivity contribution in [2.45, 2.75) is 25.7 Å². The highest BCUT2D eigenvalue weighted by atomic mass is 16.5. The van der Waals surface area contributed by atoms with Gasteiger partial charge in [0.2, 0.25) is 0 Å². The Bertz CT molecular complexity index is 307. The third-order valence-electron chi connectivity index (χ3n) is 1.73. The van der Waals surface area contributed by atoms with Crippen LogP contribution in [-0.2, 0) is 19.1 Å². The highest BCUT2D eigenvalue weighted by Gasteiger charge is 1.95. The fraction of sp³-hybridized carbons (Fsp3) is 0.500. The molecule has 0 saturated heterocycles. The zero-order chi connectivity index (χ0) is 12.2. The van der Waals surface area contributed by atoms with E-state index in [1.807, 2.05) is 0 Å². The first-order chi connectivity index (χ1) is 7.70. The quantitative estimate of drug-likeness (QED) is 0.524. The normalized spacial score (nSPS) is 9.38. The average Bonchev–Trinajstić information content (AvgIpc) is 2.31. The van der Waals surface area contributed by atoms with Crippen LogP contribution in [0.3, 0.4) is 0 Å². The van der Waals surface area contributed by atoms with Gasteiger partial charge in [0.05, 0.1) is 20.6 Å². The Kier molecular flexibility index (Phi) is 8.71. The summed E-state index contributed by atoms with van der Waals surface area (Å²) < 4.78 is 8.93. The highest BCUT2D eigenvalue weighted by molar-refractivity contribution is 5.69. The maximum absolute atomic E-state index is 10.7. The van der Waals surface area contributed by atoms with E-state index in [0.29, 0.717) is 25.7 Å². The first-order valence-electron chi connectivity index (χ1n) is 4.97. The molecule has 0 aliphatic carbocycles. The molecule has 0 fully saturated rings. The molecule has 0 spiro atoms. The summed E-state index contributed by atoms with van der Waals surface area (Å²) in [7, 11) is 2.71. The van der Waals surface area contributed by atoms with E-state index in [9.17, 15) is 9.59 Å². The number of allylic oxidation sites excluding steroid dienone is 2. The summed E-state index contributed by atoms with van der Waals surface area (Å²) in [6.45, 7) is 0. The van der Waals surface area contributed by atoms with Crippen LogP contribution in [0.2, 0.25) is 0 Å². The Morgan fingerprint density at radius 1 is 1.12 bits per heavy atom. The van der Waals surface area contributed by atoms with Crippen LogP contribution in [0.25, 0.3) is 0 Å². The molecule has 4 heteroatoms. The van der Waals surface area contributed by atoms with E-state index in [1.165, 1.54) is 14.2 Å². The molecule has 0 N–H and O–H groups in total. The molecule has 88 valence electrons. The van der Waals surface area contributed by atoms with E-state index in [4.69, 9.17) is 0 Å². The molecule has 0 aromatic rings. The van der Waals surface area contributed by atoms with Gasteiger partial charge in [0.25, 0.3) is 0 Å². The Morgan fingerprint density at radius 2 is 1.75 bits per heavy atom. The van der Waals surface area contributed by atoms with Gasteiger partial charge in [-0.2, -0.15) is 0 Å². The molecular weight excluding hydrogens is 208 g/mol. The summed E-state index contributed by atoms with van der Waals surface area (Å²) in [6, 6.07) is 0. The van der Waals surface area contributed by atoms with Gasteiger partial charge in [0.15, 0.2) is 0 Å². The van der Waals surface area contributed by atoms with Crippen molar-refractivity contribution < 1.29 is 19.1 Å². The van der Waals surface area contributed by atoms with E-state index in [2.05, 4.69) is 21.3 Å². The van der Waals surface area contributed by atoms with Crippen LogP contribution < -0.4 is 0 Å². The Morgan fingerprint density at radius 3 is 2.38 bits per heavy atom. The van der Waals surface area contributed by atoms with Gasteiger partial charge in [-0.25, -0.2) is 0 Å². The predicted molar refractivity (Wildman–Crippen MR) is 59.4 cm³/mol. The molecule has 0 aliphatic heterocycles. The molecule has 0 rings (SSSR count). The molecule has 0 heterocycles. The molecule has 0 aromatic carbocycles. The topological polar surface area (TPSA) is 52.6 Å². The molecule has 0 bridgehead atoms. The average molecular weight is 224 g/mol. The molecule has 0 radical (unpaired) electrons. The van der Waals surface area contributed by atoms with Gasteiger partial charge in [-0.1, -0.05) is 17.9 Å². The van der Waals surface area contributed by atoms with Crippen LogP contribution in [0, 0.1) is 11.8 Å². The summed E-state index contributed by atoms with van der Waals surface area (Å²) in [5.74, 6) is 5.07. The Balaban J connectivity index is 3.56. The summed E-state index contributed by atoms with van der Waals surface area (Å²) >= 11 is 0. The monoisotopic (exact) mass is 224 g/mol. The fourth-order valence-electron chi connectivity index (χ4n) is 0.843. The predicted octanol–water partition coefficient (Wildman–Crippen LogP) is 1.45. The van der Waals surface area contributed by atoms with Crippen molar-refractivity contribution in [3.05, 3.63) is 12.2 Å². The number of carbonyl (C=O) groups excluding carboxylic acids is 2. The van der Waals surface area contributed by atoms with Crippen molar-refractivity contribution in [1.29, 1.82) is 0 Å². The minimum absolute atomic E-state index is 0.233. The van der Waals surface area contributed by atoms with Gasteiger partial charge in [0, 0.05) is 12.8 Å². The van der Waals surface area contributed by atoms with Crippen LogP contribution in [0.15, 0.2) is 12.2 Å². The van der Waals surface area contributed by atoms with Crippen molar-refractivity contribution >= 4 is 11.9 Å².